The smallest absolute Gasteiger partial charge is 0.221 e. The highest BCUT2D eigenvalue weighted by atomic mass is 35.5. The molecular weight excluding hydrogens is 385 g/mol. The Balaban J connectivity index is 0.00000338. The van der Waals surface area contributed by atoms with Crippen LogP contribution >= 0.6 is 24.8 Å². The van der Waals surface area contributed by atoms with E-state index in [4.69, 9.17) is 10.5 Å². The molecular formula is C20H35Cl2N3O2. The maximum absolute atomic E-state index is 12.4. The standard InChI is InChI=1S/C20H33N3O2.2ClH/c1-3-16(4-2)19(23-10-12-25-13-11-23)15-22-20(24)14-18(21)17-8-6-5-7-9-17;;/h5-9,16,18-19H,3-4,10-15,21H2,1-2H3,(H,22,24);2*1H. The molecule has 1 aliphatic rings. The minimum atomic E-state index is -0.254. The second-order valence-electron chi connectivity index (χ2n) is 6.82. The number of benzene rings is 1. The van der Waals surface area contributed by atoms with Crippen LogP contribution in [0.3, 0.4) is 0 Å². The first-order chi connectivity index (χ1) is 12.2. The van der Waals surface area contributed by atoms with Crippen molar-refractivity contribution in [1.29, 1.82) is 0 Å². The van der Waals surface area contributed by atoms with Crippen LogP contribution in [0.1, 0.15) is 44.7 Å². The molecule has 0 bridgehead atoms. The largest absolute Gasteiger partial charge is 0.379 e. The first-order valence-electron chi connectivity index (χ1n) is 9.54. The molecule has 7 heteroatoms. The van der Waals surface area contributed by atoms with E-state index in [1.54, 1.807) is 0 Å². The van der Waals surface area contributed by atoms with Gasteiger partial charge in [-0.2, -0.15) is 0 Å². The molecule has 0 radical (unpaired) electrons. The summed E-state index contributed by atoms with van der Waals surface area (Å²) >= 11 is 0. The van der Waals surface area contributed by atoms with Crippen LogP contribution in [-0.2, 0) is 9.53 Å². The number of hydrogen-bond donors (Lipinski definition) is 2. The Morgan fingerprint density at radius 1 is 1.15 bits per heavy atom. The van der Waals surface area contributed by atoms with Crippen molar-refractivity contribution in [3.8, 4) is 0 Å². The second-order valence-corrected chi connectivity index (χ2v) is 6.82. The van der Waals surface area contributed by atoms with E-state index in [0.717, 1.165) is 44.7 Å². The zero-order valence-electron chi connectivity index (χ0n) is 16.4. The molecule has 0 saturated carbocycles. The highest BCUT2D eigenvalue weighted by Gasteiger charge is 2.27. The Bertz CT molecular complexity index is 509. The SMILES string of the molecule is CCC(CC)C(CNC(=O)CC(N)c1ccccc1)N1CCOCC1.Cl.Cl. The molecule has 1 saturated heterocycles. The Hall–Kier alpha value is -0.850. The van der Waals surface area contributed by atoms with Gasteiger partial charge >= 0.3 is 0 Å². The third-order valence-corrected chi connectivity index (χ3v) is 5.25. The van der Waals surface area contributed by atoms with Crippen LogP contribution in [0.25, 0.3) is 0 Å². The van der Waals surface area contributed by atoms with Gasteiger partial charge in [0.05, 0.1) is 13.2 Å². The van der Waals surface area contributed by atoms with E-state index in [2.05, 4.69) is 24.1 Å². The van der Waals surface area contributed by atoms with Crippen molar-refractivity contribution < 1.29 is 9.53 Å². The molecule has 27 heavy (non-hydrogen) atoms. The van der Waals surface area contributed by atoms with Gasteiger partial charge in [0.1, 0.15) is 0 Å². The normalized spacial score (nSPS) is 16.7. The maximum Gasteiger partial charge on any atom is 0.221 e. The van der Waals surface area contributed by atoms with Gasteiger partial charge in [0.25, 0.3) is 0 Å². The van der Waals surface area contributed by atoms with Crippen LogP contribution in [-0.4, -0.2) is 49.7 Å². The van der Waals surface area contributed by atoms with Crippen LogP contribution in [0.4, 0.5) is 0 Å². The van der Waals surface area contributed by atoms with Crippen LogP contribution in [0.15, 0.2) is 30.3 Å². The fraction of sp³-hybridized carbons (Fsp3) is 0.650. The molecule has 1 aliphatic heterocycles. The molecule has 2 unspecified atom stereocenters. The predicted octanol–water partition coefficient (Wildman–Crippen LogP) is 3.17. The monoisotopic (exact) mass is 419 g/mol. The minimum absolute atomic E-state index is 0. The molecule has 1 heterocycles. The highest BCUT2D eigenvalue weighted by molar-refractivity contribution is 5.85. The third-order valence-electron chi connectivity index (χ3n) is 5.25. The van der Waals surface area contributed by atoms with Crippen molar-refractivity contribution >= 4 is 30.7 Å². The number of nitrogens with zero attached hydrogens (tertiary/aromatic N) is 1. The summed E-state index contributed by atoms with van der Waals surface area (Å²) in [5.41, 5.74) is 7.17. The van der Waals surface area contributed by atoms with Gasteiger partial charge in [0.15, 0.2) is 0 Å². The molecule has 2 atom stereocenters. The zero-order chi connectivity index (χ0) is 18.1. The van der Waals surface area contributed by atoms with E-state index < -0.39 is 0 Å². The van der Waals surface area contributed by atoms with Crippen molar-refractivity contribution in [2.24, 2.45) is 11.7 Å². The van der Waals surface area contributed by atoms with Gasteiger partial charge in [0, 0.05) is 38.1 Å². The molecule has 1 amide bonds. The summed E-state index contributed by atoms with van der Waals surface area (Å²) in [6.07, 6.45) is 2.57. The highest BCUT2D eigenvalue weighted by Crippen LogP contribution is 2.20. The van der Waals surface area contributed by atoms with E-state index in [1.807, 2.05) is 30.3 Å². The quantitative estimate of drug-likeness (QED) is 0.644. The molecule has 156 valence electrons. The Labute approximate surface area is 176 Å². The van der Waals surface area contributed by atoms with Crippen LogP contribution in [0.2, 0.25) is 0 Å². The molecule has 0 spiro atoms. The summed E-state index contributed by atoms with van der Waals surface area (Å²) in [4.78, 5) is 14.8. The first-order valence-corrected chi connectivity index (χ1v) is 9.54. The predicted molar refractivity (Wildman–Crippen MR) is 116 cm³/mol. The molecule has 5 nitrogen and oxygen atoms in total. The average Bonchev–Trinajstić information content (AvgIpc) is 2.66. The fourth-order valence-electron chi connectivity index (χ4n) is 3.64. The van der Waals surface area contributed by atoms with Crippen LogP contribution in [0, 0.1) is 5.92 Å². The lowest BCUT2D eigenvalue weighted by atomic mass is 9.92. The Morgan fingerprint density at radius 2 is 1.74 bits per heavy atom. The lowest BCUT2D eigenvalue weighted by Gasteiger charge is -2.38. The summed E-state index contributed by atoms with van der Waals surface area (Å²) in [5, 5.41) is 3.13. The van der Waals surface area contributed by atoms with Crippen molar-refractivity contribution in [2.75, 3.05) is 32.8 Å². The third kappa shape index (κ3) is 8.36. The van der Waals surface area contributed by atoms with Crippen LogP contribution < -0.4 is 11.1 Å². The van der Waals surface area contributed by atoms with E-state index in [9.17, 15) is 4.79 Å². The van der Waals surface area contributed by atoms with Gasteiger partial charge in [-0.25, -0.2) is 0 Å². The summed E-state index contributed by atoms with van der Waals surface area (Å²) in [6, 6.07) is 9.92. The van der Waals surface area contributed by atoms with Gasteiger partial charge in [-0.15, -0.1) is 24.8 Å². The number of amides is 1. The van der Waals surface area contributed by atoms with Gasteiger partial charge in [0.2, 0.25) is 5.91 Å². The minimum Gasteiger partial charge on any atom is -0.379 e. The Kier molecular flexibility index (Phi) is 13.7. The van der Waals surface area contributed by atoms with Crippen molar-refractivity contribution in [3.05, 3.63) is 35.9 Å². The number of rotatable bonds is 9. The number of nitrogens with one attached hydrogen (secondary N) is 1. The number of halogens is 2. The van der Waals surface area contributed by atoms with Gasteiger partial charge < -0.3 is 15.8 Å². The number of carbonyl (C=O) groups excluding carboxylic acids is 1. The molecule has 2 rings (SSSR count). The van der Waals surface area contributed by atoms with Gasteiger partial charge in [-0.1, -0.05) is 57.0 Å². The van der Waals surface area contributed by atoms with E-state index in [1.165, 1.54) is 0 Å². The van der Waals surface area contributed by atoms with Gasteiger partial charge in [-0.05, 0) is 11.5 Å². The molecule has 0 aliphatic carbocycles. The number of hydrogen-bond acceptors (Lipinski definition) is 4. The molecule has 3 N–H and O–H groups in total. The van der Waals surface area contributed by atoms with Gasteiger partial charge in [-0.3, -0.25) is 9.69 Å². The number of ether oxygens (including phenoxy) is 1. The lowest BCUT2D eigenvalue weighted by molar-refractivity contribution is -0.122. The molecule has 1 fully saturated rings. The van der Waals surface area contributed by atoms with E-state index >= 15 is 0 Å². The summed E-state index contributed by atoms with van der Waals surface area (Å²) in [6.45, 7) is 8.60. The van der Waals surface area contributed by atoms with E-state index in [-0.39, 0.29) is 36.8 Å². The van der Waals surface area contributed by atoms with Crippen molar-refractivity contribution in [2.45, 2.75) is 45.2 Å². The molecule has 1 aromatic rings. The number of carbonyl (C=O) groups is 1. The topological polar surface area (TPSA) is 67.6 Å². The van der Waals surface area contributed by atoms with E-state index in [0.29, 0.717) is 24.9 Å². The zero-order valence-corrected chi connectivity index (χ0v) is 18.1. The number of morpholine rings is 1. The summed E-state index contributed by atoms with van der Waals surface area (Å²) in [5.74, 6) is 0.613. The molecule has 1 aromatic carbocycles. The summed E-state index contributed by atoms with van der Waals surface area (Å²) < 4.78 is 5.48. The van der Waals surface area contributed by atoms with Crippen molar-refractivity contribution in [3.63, 3.8) is 0 Å². The number of nitrogens with two attached hydrogens (primary N) is 1. The fourth-order valence-corrected chi connectivity index (χ4v) is 3.64. The van der Waals surface area contributed by atoms with Crippen LogP contribution in [0.5, 0.6) is 0 Å². The van der Waals surface area contributed by atoms with Crippen molar-refractivity contribution in [1.82, 2.24) is 10.2 Å². The molecule has 0 aromatic heterocycles. The average molecular weight is 420 g/mol. The lowest BCUT2D eigenvalue weighted by Crippen LogP contribution is -2.52. The summed E-state index contributed by atoms with van der Waals surface area (Å²) in [7, 11) is 0. The maximum atomic E-state index is 12.4. The Morgan fingerprint density at radius 3 is 2.30 bits per heavy atom. The first kappa shape index (κ1) is 26.1. The second kappa shape index (κ2) is 14.2.